The summed E-state index contributed by atoms with van der Waals surface area (Å²) < 4.78 is 5.19. The molecule has 1 fully saturated rings. The number of anilines is 1. The maximum atomic E-state index is 12.5. The van der Waals surface area contributed by atoms with Gasteiger partial charge in [0.25, 0.3) is 5.91 Å². The van der Waals surface area contributed by atoms with E-state index in [1.165, 1.54) is 16.0 Å². The molecule has 8 heteroatoms. The molecule has 0 spiro atoms. The third kappa shape index (κ3) is 4.36. The fourth-order valence-electron chi connectivity index (χ4n) is 4.08. The van der Waals surface area contributed by atoms with Crippen LogP contribution in [-0.4, -0.2) is 49.4 Å². The number of carbonyl (C=O) groups excluding carboxylic acids is 2. The Morgan fingerprint density at radius 3 is 2.79 bits per heavy atom. The number of fused-ring (bicyclic) bond motifs is 1. The quantitative estimate of drug-likeness (QED) is 0.777. The molecule has 2 aromatic heterocycles. The summed E-state index contributed by atoms with van der Waals surface area (Å²) in [5.41, 5.74) is 1.80. The molecule has 1 aliphatic heterocycles. The van der Waals surface area contributed by atoms with Crippen LogP contribution in [0.25, 0.3) is 0 Å². The Morgan fingerprint density at radius 1 is 1.28 bits per heavy atom. The first-order chi connectivity index (χ1) is 14.2. The Kier molecular flexibility index (Phi) is 5.97. The van der Waals surface area contributed by atoms with Crippen molar-refractivity contribution >= 4 is 28.2 Å². The van der Waals surface area contributed by atoms with Crippen LogP contribution in [0.1, 0.15) is 45.8 Å². The van der Waals surface area contributed by atoms with Crippen molar-refractivity contribution < 1.29 is 18.9 Å². The van der Waals surface area contributed by atoms with Crippen molar-refractivity contribution in [3.8, 4) is 6.07 Å². The molecule has 2 amide bonds. The second-order valence-corrected chi connectivity index (χ2v) is 8.70. The molecule has 0 bridgehead atoms. The molecule has 7 nitrogen and oxygen atoms in total. The van der Waals surface area contributed by atoms with E-state index in [1.807, 2.05) is 0 Å². The van der Waals surface area contributed by atoms with Gasteiger partial charge in [-0.05, 0) is 43.4 Å². The van der Waals surface area contributed by atoms with Crippen LogP contribution in [0.3, 0.4) is 0 Å². The van der Waals surface area contributed by atoms with Gasteiger partial charge in [-0.3, -0.25) is 9.59 Å². The zero-order valence-electron chi connectivity index (χ0n) is 16.3. The maximum Gasteiger partial charge on any atom is 0.289 e. The minimum absolute atomic E-state index is 0.0401. The van der Waals surface area contributed by atoms with Crippen LogP contribution in [0, 0.1) is 11.3 Å². The second kappa shape index (κ2) is 8.80. The summed E-state index contributed by atoms with van der Waals surface area (Å²) in [6.07, 6.45) is 6.14. The number of nitrogens with zero attached hydrogens (tertiary/aromatic N) is 2. The van der Waals surface area contributed by atoms with Gasteiger partial charge in [0.05, 0.1) is 51.0 Å². The number of piperazine rings is 1. The number of thiophene rings is 1. The number of rotatable bonds is 5. The lowest BCUT2D eigenvalue weighted by molar-refractivity contribution is -0.903. The summed E-state index contributed by atoms with van der Waals surface area (Å²) in [6.45, 7) is 3.67. The zero-order valence-corrected chi connectivity index (χ0v) is 17.1. The van der Waals surface area contributed by atoms with Crippen LogP contribution < -0.4 is 10.2 Å². The van der Waals surface area contributed by atoms with E-state index in [2.05, 4.69) is 11.4 Å². The number of quaternary nitrogens is 1. The van der Waals surface area contributed by atoms with Crippen molar-refractivity contribution in [1.29, 1.82) is 5.26 Å². The van der Waals surface area contributed by atoms with Crippen molar-refractivity contribution in [1.82, 2.24) is 4.90 Å². The standard InChI is InChI=1S/C21H24N4O3S/c22-14-16-15-4-1-2-6-18(15)29-20(16)23-19(26)7-8-24-9-11-25(12-10-24)21(27)17-5-3-13-28-17/h3,5,13H,1-2,4,6-12H2,(H,23,26)/p+1. The van der Waals surface area contributed by atoms with E-state index in [9.17, 15) is 14.9 Å². The molecule has 2 N–H and O–H groups in total. The first-order valence-electron chi connectivity index (χ1n) is 10.2. The lowest BCUT2D eigenvalue weighted by atomic mass is 9.96. The van der Waals surface area contributed by atoms with Crippen LogP contribution in [0.15, 0.2) is 22.8 Å². The lowest BCUT2D eigenvalue weighted by Crippen LogP contribution is -3.15. The van der Waals surface area contributed by atoms with E-state index in [1.54, 1.807) is 28.4 Å². The fourth-order valence-corrected chi connectivity index (χ4v) is 5.34. The van der Waals surface area contributed by atoms with E-state index in [4.69, 9.17) is 4.42 Å². The number of nitriles is 1. The summed E-state index contributed by atoms with van der Waals surface area (Å²) in [5, 5.41) is 13.2. The fraction of sp³-hybridized carbons (Fsp3) is 0.476. The Bertz CT molecular complexity index is 921. The third-order valence-electron chi connectivity index (χ3n) is 5.73. The lowest BCUT2D eigenvalue weighted by Gasteiger charge is -2.31. The molecule has 29 heavy (non-hydrogen) atoms. The smallest absolute Gasteiger partial charge is 0.289 e. The Hall–Kier alpha value is -2.63. The topological polar surface area (TPSA) is 90.8 Å². The van der Waals surface area contributed by atoms with Gasteiger partial charge in [-0.2, -0.15) is 5.26 Å². The summed E-state index contributed by atoms with van der Waals surface area (Å²) in [4.78, 5) is 29.1. The predicted octanol–water partition coefficient (Wildman–Crippen LogP) is 1.46. The highest BCUT2D eigenvalue weighted by Crippen LogP contribution is 2.37. The number of carbonyl (C=O) groups is 2. The van der Waals surface area contributed by atoms with E-state index in [0.717, 1.165) is 50.9 Å². The number of amides is 2. The van der Waals surface area contributed by atoms with Crippen molar-refractivity contribution in [2.75, 3.05) is 38.0 Å². The Balaban J connectivity index is 1.25. The Morgan fingerprint density at radius 2 is 2.07 bits per heavy atom. The zero-order chi connectivity index (χ0) is 20.2. The molecule has 1 aliphatic carbocycles. The average molecular weight is 414 g/mol. The van der Waals surface area contributed by atoms with Gasteiger partial charge in [0.1, 0.15) is 11.1 Å². The molecule has 0 saturated carbocycles. The molecule has 0 aromatic carbocycles. The molecule has 0 radical (unpaired) electrons. The summed E-state index contributed by atoms with van der Waals surface area (Å²) >= 11 is 1.56. The first-order valence-corrected chi connectivity index (χ1v) is 11.0. The van der Waals surface area contributed by atoms with Gasteiger partial charge in [-0.15, -0.1) is 11.3 Å². The van der Waals surface area contributed by atoms with E-state index in [-0.39, 0.29) is 11.8 Å². The maximum absolute atomic E-state index is 12.5. The molecule has 152 valence electrons. The van der Waals surface area contributed by atoms with Crippen molar-refractivity contribution in [3.63, 3.8) is 0 Å². The summed E-state index contributed by atoms with van der Waals surface area (Å²) in [6, 6.07) is 5.69. The van der Waals surface area contributed by atoms with Crippen LogP contribution in [0.2, 0.25) is 0 Å². The molecular formula is C21H25N4O3S+. The van der Waals surface area contributed by atoms with E-state index < -0.39 is 0 Å². The summed E-state index contributed by atoms with van der Waals surface area (Å²) in [5.74, 6) is 0.263. The largest absolute Gasteiger partial charge is 0.459 e. The monoisotopic (exact) mass is 413 g/mol. The number of hydrogen-bond donors (Lipinski definition) is 2. The van der Waals surface area contributed by atoms with Crippen LogP contribution in [-0.2, 0) is 17.6 Å². The molecule has 0 atom stereocenters. The Labute approximate surface area is 173 Å². The second-order valence-electron chi connectivity index (χ2n) is 7.59. The molecule has 4 rings (SSSR count). The number of aryl methyl sites for hydroxylation is 1. The minimum atomic E-state index is -0.0718. The van der Waals surface area contributed by atoms with Crippen molar-refractivity contribution in [2.24, 2.45) is 0 Å². The van der Waals surface area contributed by atoms with Gasteiger partial charge in [-0.1, -0.05) is 0 Å². The van der Waals surface area contributed by atoms with Gasteiger partial charge in [0, 0.05) is 4.88 Å². The molecule has 1 saturated heterocycles. The van der Waals surface area contributed by atoms with Gasteiger partial charge in [0.2, 0.25) is 5.91 Å². The highest BCUT2D eigenvalue weighted by Gasteiger charge is 2.26. The van der Waals surface area contributed by atoms with Crippen molar-refractivity contribution in [3.05, 3.63) is 40.2 Å². The van der Waals surface area contributed by atoms with Crippen LogP contribution >= 0.6 is 11.3 Å². The number of furan rings is 1. The number of hydrogen-bond acceptors (Lipinski definition) is 5. The van der Waals surface area contributed by atoms with E-state index >= 15 is 0 Å². The average Bonchev–Trinajstić information content (AvgIpc) is 3.39. The normalized spacial score (nSPS) is 16.9. The van der Waals surface area contributed by atoms with Gasteiger partial charge in [0.15, 0.2) is 5.76 Å². The molecular weight excluding hydrogens is 388 g/mol. The molecule has 2 aromatic rings. The van der Waals surface area contributed by atoms with Crippen LogP contribution in [0.4, 0.5) is 5.00 Å². The SMILES string of the molecule is N#Cc1c(NC(=O)CC[NH+]2CCN(C(=O)c3ccco3)CC2)sc2c1CCCC2. The third-order valence-corrected chi connectivity index (χ3v) is 6.94. The number of nitrogens with one attached hydrogen (secondary N) is 2. The first kappa shape index (κ1) is 19.7. The molecule has 2 aliphatic rings. The highest BCUT2D eigenvalue weighted by molar-refractivity contribution is 7.16. The predicted molar refractivity (Wildman–Crippen MR) is 109 cm³/mol. The minimum Gasteiger partial charge on any atom is -0.459 e. The summed E-state index contributed by atoms with van der Waals surface area (Å²) in [7, 11) is 0. The van der Waals surface area contributed by atoms with Gasteiger partial charge >= 0.3 is 0 Å². The highest BCUT2D eigenvalue weighted by atomic mass is 32.1. The van der Waals surface area contributed by atoms with E-state index in [0.29, 0.717) is 35.8 Å². The van der Waals surface area contributed by atoms with Crippen molar-refractivity contribution in [2.45, 2.75) is 32.1 Å². The molecule has 0 unspecified atom stereocenters. The van der Waals surface area contributed by atoms with Gasteiger partial charge < -0.3 is 19.5 Å². The van der Waals surface area contributed by atoms with Crippen LogP contribution in [0.5, 0.6) is 0 Å². The molecule has 3 heterocycles. The van der Waals surface area contributed by atoms with Gasteiger partial charge in [-0.25, -0.2) is 0 Å².